The summed E-state index contributed by atoms with van der Waals surface area (Å²) in [7, 11) is 0. The predicted molar refractivity (Wildman–Crippen MR) is 84.4 cm³/mol. The van der Waals surface area contributed by atoms with Crippen molar-refractivity contribution in [2.24, 2.45) is 0 Å². The summed E-state index contributed by atoms with van der Waals surface area (Å²) in [5.74, 6) is -0.0738. The summed E-state index contributed by atoms with van der Waals surface area (Å²) in [4.78, 5) is 28.2. The Morgan fingerprint density at radius 1 is 1.09 bits per heavy atom. The number of rotatable bonds is 3. The van der Waals surface area contributed by atoms with Gasteiger partial charge in [0.1, 0.15) is 12.9 Å². The van der Waals surface area contributed by atoms with E-state index in [2.05, 4.69) is 31.5 Å². The fourth-order valence-electron chi connectivity index (χ4n) is 2.46. The number of piperazine rings is 1. The summed E-state index contributed by atoms with van der Waals surface area (Å²) < 4.78 is 2.17. The Bertz CT molecular complexity index is 697. The number of tetrazole rings is 1. The highest BCUT2D eigenvalue weighted by molar-refractivity contribution is 9.10. The van der Waals surface area contributed by atoms with E-state index in [0.717, 1.165) is 4.47 Å². The molecule has 2 heterocycles. The van der Waals surface area contributed by atoms with Crippen LogP contribution in [0.2, 0.25) is 0 Å². The highest BCUT2D eigenvalue weighted by atomic mass is 79.9. The second kappa shape index (κ2) is 6.86. The van der Waals surface area contributed by atoms with E-state index in [4.69, 9.17) is 0 Å². The van der Waals surface area contributed by atoms with E-state index < -0.39 is 0 Å². The van der Waals surface area contributed by atoms with Gasteiger partial charge in [-0.2, -0.15) is 0 Å². The van der Waals surface area contributed by atoms with Gasteiger partial charge in [-0.3, -0.25) is 9.59 Å². The maximum absolute atomic E-state index is 12.5. The molecule has 0 saturated carbocycles. The molecule has 2 amide bonds. The predicted octanol–water partition coefficient (Wildman–Crippen LogP) is 0.420. The molecule has 0 atom stereocenters. The van der Waals surface area contributed by atoms with E-state index in [1.165, 1.54) is 11.0 Å². The standard InChI is InChI=1S/C14H15BrN6O2/c15-12-4-2-1-3-11(12)14(23)20-7-5-19(6-8-20)13(22)9-21-10-16-17-18-21/h1-4,10H,5-9H2. The third-order valence-electron chi connectivity index (χ3n) is 3.71. The molecular weight excluding hydrogens is 364 g/mol. The quantitative estimate of drug-likeness (QED) is 0.772. The number of carbonyl (C=O) groups is 2. The third-order valence-corrected chi connectivity index (χ3v) is 4.40. The van der Waals surface area contributed by atoms with Crippen LogP contribution in [0.5, 0.6) is 0 Å². The number of benzene rings is 1. The highest BCUT2D eigenvalue weighted by Crippen LogP contribution is 2.18. The van der Waals surface area contributed by atoms with Gasteiger partial charge in [-0.1, -0.05) is 12.1 Å². The van der Waals surface area contributed by atoms with Crippen LogP contribution in [0.4, 0.5) is 0 Å². The van der Waals surface area contributed by atoms with Crippen molar-refractivity contribution in [3.05, 3.63) is 40.6 Å². The van der Waals surface area contributed by atoms with Gasteiger partial charge in [0.25, 0.3) is 5.91 Å². The van der Waals surface area contributed by atoms with Crippen molar-refractivity contribution in [2.45, 2.75) is 6.54 Å². The van der Waals surface area contributed by atoms with Crippen molar-refractivity contribution >= 4 is 27.7 Å². The lowest BCUT2D eigenvalue weighted by Gasteiger charge is -2.34. The summed E-state index contributed by atoms with van der Waals surface area (Å²) in [6.45, 7) is 2.17. The van der Waals surface area contributed by atoms with Gasteiger partial charge in [0.2, 0.25) is 5.91 Å². The molecule has 2 aromatic rings. The molecule has 8 nitrogen and oxygen atoms in total. The van der Waals surface area contributed by atoms with Gasteiger partial charge < -0.3 is 9.80 Å². The van der Waals surface area contributed by atoms with E-state index in [9.17, 15) is 9.59 Å². The number of aromatic nitrogens is 4. The van der Waals surface area contributed by atoms with Gasteiger partial charge in [0.15, 0.2) is 0 Å². The van der Waals surface area contributed by atoms with Crippen LogP contribution >= 0.6 is 15.9 Å². The van der Waals surface area contributed by atoms with Crippen LogP contribution in [0.1, 0.15) is 10.4 Å². The fourth-order valence-corrected chi connectivity index (χ4v) is 2.91. The Balaban J connectivity index is 1.57. The first-order valence-electron chi connectivity index (χ1n) is 7.17. The minimum Gasteiger partial charge on any atom is -0.338 e. The maximum Gasteiger partial charge on any atom is 0.255 e. The summed E-state index contributed by atoms with van der Waals surface area (Å²) >= 11 is 3.40. The SMILES string of the molecule is O=C(Cn1cnnn1)N1CCN(C(=O)c2ccccc2Br)CC1. The summed E-state index contributed by atoms with van der Waals surface area (Å²) in [5, 5.41) is 10.7. The zero-order valence-corrected chi connectivity index (χ0v) is 13.9. The molecular formula is C14H15BrN6O2. The zero-order chi connectivity index (χ0) is 16.2. The Morgan fingerprint density at radius 2 is 1.78 bits per heavy atom. The number of amides is 2. The maximum atomic E-state index is 12.5. The topological polar surface area (TPSA) is 84.2 Å². The first-order valence-corrected chi connectivity index (χ1v) is 7.97. The molecule has 1 aromatic heterocycles. The van der Waals surface area contributed by atoms with Crippen molar-refractivity contribution in [2.75, 3.05) is 26.2 Å². The molecule has 0 spiro atoms. The molecule has 1 aromatic carbocycles. The molecule has 1 aliphatic heterocycles. The van der Waals surface area contributed by atoms with Gasteiger partial charge in [0.05, 0.1) is 5.56 Å². The molecule has 120 valence electrons. The number of hydrogen-bond acceptors (Lipinski definition) is 5. The van der Waals surface area contributed by atoms with Crippen LogP contribution in [-0.4, -0.2) is 68.0 Å². The van der Waals surface area contributed by atoms with Gasteiger partial charge in [-0.25, -0.2) is 4.68 Å². The van der Waals surface area contributed by atoms with E-state index >= 15 is 0 Å². The number of nitrogens with zero attached hydrogens (tertiary/aromatic N) is 6. The molecule has 3 rings (SSSR count). The second-order valence-corrected chi connectivity index (χ2v) is 6.01. The molecule has 1 aliphatic rings. The minimum atomic E-state index is -0.0507. The zero-order valence-electron chi connectivity index (χ0n) is 12.3. The van der Waals surface area contributed by atoms with Crippen LogP contribution in [0.3, 0.4) is 0 Å². The van der Waals surface area contributed by atoms with Crippen molar-refractivity contribution in [3.63, 3.8) is 0 Å². The van der Waals surface area contributed by atoms with E-state index in [-0.39, 0.29) is 18.4 Å². The molecule has 1 fully saturated rings. The van der Waals surface area contributed by atoms with Crippen molar-refractivity contribution in [1.82, 2.24) is 30.0 Å². The largest absolute Gasteiger partial charge is 0.338 e. The first-order chi connectivity index (χ1) is 11.1. The molecule has 23 heavy (non-hydrogen) atoms. The average Bonchev–Trinajstić information content (AvgIpc) is 3.08. The molecule has 0 unspecified atom stereocenters. The van der Waals surface area contributed by atoms with Crippen LogP contribution in [0.15, 0.2) is 35.1 Å². The van der Waals surface area contributed by atoms with Gasteiger partial charge in [-0.15, -0.1) is 5.10 Å². The van der Waals surface area contributed by atoms with Gasteiger partial charge in [0, 0.05) is 30.7 Å². The summed E-state index contributed by atoms with van der Waals surface area (Å²) in [6, 6.07) is 7.35. The lowest BCUT2D eigenvalue weighted by atomic mass is 10.2. The van der Waals surface area contributed by atoms with Crippen molar-refractivity contribution < 1.29 is 9.59 Å². The van der Waals surface area contributed by atoms with Crippen molar-refractivity contribution in [3.8, 4) is 0 Å². The number of hydrogen-bond donors (Lipinski definition) is 0. The number of carbonyl (C=O) groups excluding carboxylic acids is 2. The molecule has 0 bridgehead atoms. The summed E-state index contributed by atoms with van der Waals surface area (Å²) in [5.41, 5.74) is 0.640. The molecule has 0 radical (unpaired) electrons. The van der Waals surface area contributed by atoms with Gasteiger partial charge in [-0.05, 0) is 38.5 Å². The smallest absolute Gasteiger partial charge is 0.255 e. The van der Waals surface area contributed by atoms with Crippen LogP contribution in [-0.2, 0) is 11.3 Å². The van der Waals surface area contributed by atoms with Crippen LogP contribution in [0, 0.1) is 0 Å². The van der Waals surface area contributed by atoms with Crippen LogP contribution < -0.4 is 0 Å². The summed E-state index contributed by atoms with van der Waals surface area (Å²) in [6.07, 6.45) is 1.41. The molecule has 0 aliphatic carbocycles. The molecule has 9 heteroatoms. The van der Waals surface area contributed by atoms with E-state index in [1.807, 2.05) is 18.2 Å². The molecule has 1 saturated heterocycles. The first kappa shape index (κ1) is 15.6. The lowest BCUT2D eigenvalue weighted by molar-refractivity contribution is -0.133. The Morgan fingerprint density at radius 3 is 2.43 bits per heavy atom. The Labute approximate surface area is 141 Å². The molecule has 0 N–H and O–H groups in total. The highest BCUT2D eigenvalue weighted by Gasteiger charge is 2.25. The van der Waals surface area contributed by atoms with Crippen LogP contribution in [0.25, 0.3) is 0 Å². The van der Waals surface area contributed by atoms with Gasteiger partial charge >= 0.3 is 0 Å². The fraction of sp³-hybridized carbons (Fsp3) is 0.357. The van der Waals surface area contributed by atoms with E-state index in [1.54, 1.807) is 15.9 Å². The third kappa shape index (κ3) is 3.55. The van der Waals surface area contributed by atoms with Crippen molar-refractivity contribution in [1.29, 1.82) is 0 Å². The average molecular weight is 379 g/mol. The Hall–Kier alpha value is -2.29. The number of halogens is 1. The Kier molecular flexibility index (Phi) is 4.65. The van der Waals surface area contributed by atoms with E-state index in [0.29, 0.717) is 31.7 Å². The monoisotopic (exact) mass is 378 g/mol. The minimum absolute atomic E-state index is 0.0231. The lowest BCUT2D eigenvalue weighted by Crippen LogP contribution is -2.51. The second-order valence-electron chi connectivity index (χ2n) is 5.16. The normalized spacial score (nSPS) is 14.8.